The lowest BCUT2D eigenvalue weighted by Gasteiger charge is -2.10. The van der Waals surface area contributed by atoms with E-state index in [1.165, 1.54) is 0 Å². The molecule has 0 unspecified atom stereocenters. The zero-order chi connectivity index (χ0) is 14.8. The molecule has 0 bridgehead atoms. The summed E-state index contributed by atoms with van der Waals surface area (Å²) in [6, 6.07) is 11.6. The van der Waals surface area contributed by atoms with Crippen molar-refractivity contribution in [2.24, 2.45) is 0 Å². The van der Waals surface area contributed by atoms with Crippen LogP contribution in [0.25, 0.3) is 0 Å². The van der Waals surface area contributed by atoms with Gasteiger partial charge in [-0.1, -0.05) is 55.6 Å². The second-order valence-electron chi connectivity index (χ2n) is 4.01. The molecule has 0 aliphatic heterocycles. The van der Waals surface area contributed by atoms with Crippen molar-refractivity contribution in [3.05, 3.63) is 57.5 Å². The summed E-state index contributed by atoms with van der Waals surface area (Å²) in [4.78, 5) is 0.196. The Balaban J connectivity index is 2.30. The molecule has 2 aromatic rings. The van der Waals surface area contributed by atoms with E-state index < -0.39 is 10.0 Å². The van der Waals surface area contributed by atoms with Gasteiger partial charge in [0.15, 0.2) is 0 Å². The van der Waals surface area contributed by atoms with Crippen molar-refractivity contribution >= 4 is 59.2 Å². The molecule has 0 saturated heterocycles. The number of hydrogen-bond acceptors (Lipinski definition) is 2. The SMILES string of the molecule is O=S(=O)(Nc1ccc(Br)cc1Cl)c1ccc(CBr)cc1. The number of alkyl halides is 1. The van der Waals surface area contributed by atoms with E-state index in [0.29, 0.717) is 16.0 Å². The van der Waals surface area contributed by atoms with Gasteiger partial charge < -0.3 is 0 Å². The summed E-state index contributed by atoms with van der Waals surface area (Å²) in [6.07, 6.45) is 0. The Morgan fingerprint density at radius 2 is 1.75 bits per heavy atom. The first kappa shape index (κ1) is 15.8. The maximum Gasteiger partial charge on any atom is 0.261 e. The lowest BCUT2D eigenvalue weighted by molar-refractivity contribution is 0.601. The van der Waals surface area contributed by atoms with E-state index in [4.69, 9.17) is 11.6 Å². The first-order chi connectivity index (χ1) is 9.42. The standard InChI is InChI=1S/C13H10Br2ClNO2S/c14-8-9-1-4-11(5-2-9)20(18,19)17-13-6-3-10(15)7-12(13)16/h1-7,17H,8H2. The van der Waals surface area contributed by atoms with Gasteiger partial charge in [-0.2, -0.15) is 0 Å². The normalized spacial score (nSPS) is 11.3. The molecule has 20 heavy (non-hydrogen) atoms. The number of sulfonamides is 1. The fourth-order valence-corrected chi connectivity index (χ4v) is 3.76. The highest BCUT2D eigenvalue weighted by molar-refractivity contribution is 9.10. The van der Waals surface area contributed by atoms with Crippen LogP contribution < -0.4 is 4.72 Å². The quantitative estimate of drug-likeness (QED) is 0.696. The van der Waals surface area contributed by atoms with Crippen LogP contribution in [0.2, 0.25) is 5.02 Å². The Hall–Kier alpha value is -0.560. The number of rotatable bonds is 4. The smallest absolute Gasteiger partial charge is 0.261 e. The van der Waals surface area contributed by atoms with Crippen LogP contribution in [0.1, 0.15) is 5.56 Å². The summed E-state index contributed by atoms with van der Waals surface area (Å²) in [5.74, 6) is 0. The third kappa shape index (κ3) is 3.75. The van der Waals surface area contributed by atoms with Crippen LogP contribution in [-0.2, 0) is 15.4 Å². The lowest BCUT2D eigenvalue weighted by atomic mass is 10.2. The monoisotopic (exact) mass is 437 g/mol. The summed E-state index contributed by atoms with van der Waals surface area (Å²) in [5, 5.41) is 1.01. The van der Waals surface area contributed by atoms with Crippen molar-refractivity contribution < 1.29 is 8.42 Å². The predicted octanol–water partition coefficient (Wildman–Crippen LogP) is 4.80. The molecule has 0 amide bonds. The minimum atomic E-state index is -3.64. The van der Waals surface area contributed by atoms with Gasteiger partial charge in [0, 0.05) is 9.80 Å². The summed E-state index contributed by atoms with van der Waals surface area (Å²) in [7, 11) is -3.64. The van der Waals surface area contributed by atoms with Crippen molar-refractivity contribution in [2.45, 2.75) is 10.2 Å². The average molecular weight is 440 g/mol. The molecule has 0 aromatic heterocycles. The summed E-state index contributed by atoms with van der Waals surface area (Å²) >= 11 is 12.6. The fourth-order valence-electron chi connectivity index (χ4n) is 1.53. The third-order valence-electron chi connectivity index (χ3n) is 2.56. The maximum atomic E-state index is 12.2. The van der Waals surface area contributed by atoms with Gasteiger partial charge in [-0.3, -0.25) is 4.72 Å². The third-order valence-corrected chi connectivity index (χ3v) is 5.40. The highest BCUT2D eigenvalue weighted by atomic mass is 79.9. The van der Waals surface area contributed by atoms with Crippen LogP contribution >= 0.6 is 43.5 Å². The molecule has 0 spiro atoms. The van der Waals surface area contributed by atoms with Gasteiger partial charge in [-0.05, 0) is 35.9 Å². The van der Waals surface area contributed by atoms with Gasteiger partial charge in [-0.15, -0.1) is 0 Å². The maximum absolute atomic E-state index is 12.2. The lowest BCUT2D eigenvalue weighted by Crippen LogP contribution is -2.13. The van der Waals surface area contributed by atoms with Crippen molar-refractivity contribution in [3.63, 3.8) is 0 Å². The van der Waals surface area contributed by atoms with Gasteiger partial charge in [-0.25, -0.2) is 8.42 Å². The molecule has 0 atom stereocenters. The average Bonchev–Trinajstić information content (AvgIpc) is 2.42. The molecule has 2 aromatic carbocycles. The second-order valence-corrected chi connectivity index (χ2v) is 7.57. The Bertz CT molecular complexity index is 718. The number of benzene rings is 2. The molecule has 0 aliphatic carbocycles. The van der Waals surface area contributed by atoms with Gasteiger partial charge in [0.25, 0.3) is 10.0 Å². The topological polar surface area (TPSA) is 46.2 Å². The summed E-state index contributed by atoms with van der Waals surface area (Å²) in [5.41, 5.74) is 1.35. The molecular formula is C13H10Br2ClNO2S. The predicted molar refractivity (Wildman–Crippen MR) is 89.0 cm³/mol. The zero-order valence-electron chi connectivity index (χ0n) is 10.1. The molecule has 0 radical (unpaired) electrons. The Kier molecular flexibility index (Phi) is 5.12. The van der Waals surface area contributed by atoms with Crippen molar-refractivity contribution in [2.75, 3.05) is 4.72 Å². The first-order valence-electron chi connectivity index (χ1n) is 5.55. The van der Waals surface area contributed by atoms with Crippen LogP contribution in [0.4, 0.5) is 5.69 Å². The van der Waals surface area contributed by atoms with Gasteiger partial charge >= 0.3 is 0 Å². The Morgan fingerprint density at radius 1 is 1.10 bits per heavy atom. The van der Waals surface area contributed by atoms with E-state index >= 15 is 0 Å². The number of nitrogens with one attached hydrogen (secondary N) is 1. The molecule has 1 N–H and O–H groups in total. The van der Waals surface area contributed by atoms with Crippen LogP contribution in [-0.4, -0.2) is 8.42 Å². The fraction of sp³-hybridized carbons (Fsp3) is 0.0769. The van der Waals surface area contributed by atoms with E-state index in [1.54, 1.807) is 42.5 Å². The summed E-state index contributed by atoms with van der Waals surface area (Å²) < 4.78 is 27.7. The van der Waals surface area contributed by atoms with Gasteiger partial charge in [0.2, 0.25) is 0 Å². The van der Waals surface area contributed by atoms with Crippen LogP contribution in [0.15, 0.2) is 51.8 Å². The molecule has 0 saturated carbocycles. The van der Waals surface area contributed by atoms with Gasteiger partial charge in [0.1, 0.15) is 0 Å². The molecule has 2 rings (SSSR count). The minimum Gasteiger partial charge on any atom is -0.278 e. The van der Waals surface area contributed by atoms with E-state index in [9.17, 15) is 8.42 Å². The van der Waals surface area contributed by atoms with Crippen molar-refractivity contribution in [3.8, 4) is 0 Å². The largest absolute Gasteiger partial charge is 0.278 e. The molecule has 106 valence electrons. The number of anilines is 1. The molecular weight excluding hydrogens is 429 g/mol. The molecule has 0 heterocycles. The minimum absolute atomic E-state index is 0.196. The second kappa shape index (κ2) is 6.47. The van der Waals surface area contributed by atoms with Crippen molar-refractivity contribution in [1.29, 1.82) is 0 Å². The highest BCUT2D eigenvalue weighted by Gasteiger charge is 2.15. The Morgan fingerprint density at radius 3 is 2.30 bits per heavy atom. The molecule has 3 nitrogen and oxygen atoms in total. The van der Waals surface area contributed by atoms with E-state index in [-0.39, 0.29) is 4.90 Å². The summed E-state index contributed by atoms with van der Waals surface area (Å²) in [6.45, 7) is 0. The first-order valence-corrected chi connectivity index (χ1v) is 9.33. The van der Waals surface area contributed by atoms with E-state index in [2.05, 4.69) is 36.6 Å². The van der Waals surface area contributed by atoms with Crippen molar-refractivity contribution in [1.82, 2.24) is 0 Å². The number of hydrogen-bond donors (Lipinski definition) is 1. The highest BCUT2D eigenvalue weighted by Crippen LogP contribution is 2.27. The molecule has 0 aliphatic rings. The van der Waals surface area contributed by atoms with Gasteiger partial charge in [0.05, 0.1) is 15.6 Å². The van der Waals surface area contributed by atoms with E-state index in [1.807, 2.05) is 0 Å². The Labute approximate surface area is 139 Å². The van der Waals surface area contributed by atoms with E-state index in [0.717, 1.165) is 10.0 Å². The van der Waals surface area contributed by atoms with Crippen LogP contribution in [0.3, 0.4) is 0 Å². The number of halogens is 3. The molecule has 0 fully saturated rings. The van der Waals surface area contributed by atoms with Crippen LogP contribution in [0.5, 0.6) is 0 Å². The molecule has 7 heteroatoms. The zero-order valence-corrected chi connectivity index (χ0v) is 14.9. The van der Waals surface area contributed by atoms with Crippen LogP contribution in [0, 0.1) is 0 Å².